The number of thioether (sulfide) groups is 1. The van der Waals surface area contributed by atoms with Gasteiger partial charge in [-0.05, 0) is 36.0 Å². The van der Waals surface area contributed by atoms with Crippen LogP contribution in [0.25, 0.3) is 0 Å². The van der Waals surface area contributed by atoms with Crippen LogP contribution in [0, 0.1) is 5.41 Å². The third-order valence-electron chi connectivity index (χ3n) is 5.96. The van der Waals surface area contributed by atoms with Crippen LogP contribution in [-0.2, 0) is 4.79 Å². The third-order valence-corrected chi connectivity index (χ3v) is 7.66. The quantitative estimate of drug-likeness (QED) is 0.271. The second-order valence-corrected chi connectivity index (χ2v) is 11.2. The van der Waals surface area contributed by atoms with Gasteiger partial charge in [0.15, 0.2) is 10.9 Å². The number of anilines is 1. The molecule has 0 fully saturated rings. The van der Waals surface area contributed by atoms with Crippen LogP contribution >= 0.6 is 35.0 Å². The molecule has 0 bridgehead atoms. The molecule has 0 radical (unpaired) electrons. The first kappa shape index (κ1) is 23.4. The highest BCUT2D eigenvalue weighted by atomic mass is 35.5. The van der Waals surface area contributed by atoms with Crippen molar-refractivity contribution in [3.8, 4) is 0 Å². The number of H-pyrrole nitrogens is 1. The van der Waals surface area contributed by atoms with Gasteiger partial charge < -0.3 is 10.3 Å². The van der Waals surface area contributed by atoms with E-state index in [0.29, 0.717) is 45.0 Å². The van der Waals surface area contributed by atoms with E-state index >= 15 is 0 Å². The van der Waals surface area contributed by atoms with Crippen LogP contribution in [0.1, 0.15) is 69.9 Å². The normalized spacial score (nSPS) is 19.4. The number of carbonyl (C=O) groups is 1. The van der Waals surface area contributed by atoms with Gasteiger partial charge in [0.25, 0.3) is 5.56 Å². The monoisotopic (exact) mass is 491 g/mol. The summed E-state index contributed by atoms with van der Waals surface area (Å²) in [6.45, 7) is 6.33. The van der Waals surface area contributed by atoms with E-state index in [2.05, 4.69) is 31.1 Å². The number of nitrogens with one attached hydrogen (secondary N) is 2. The minimum absolute atomic E-state index is 0.0443. The number of hydrogen-bond donors (Lipinski definition) is 2. The first-order valence-corrected chi connectivity index (χ1v) is 12.7. The summed E-state index contributed by atoms with van der Waals surface area (Å²) in [5, 5.41) is 4.76. The summed E-state index contributed by atoms with van der Waals surface area (Å²) in [6, 6.07) is 5.28. The van der Waals surface area contributed by atoms with Crippen LogP contribution in [0.2, 0.25) is 10.0 Å². The molecule has 4 rings (SSSR count). The molecule has 2 N–H and O–H groups in total. The standard InChI is InChI=1S/C24H27Cl2N3O2S/c1-4-5-6-9-32-23-28-21-20(22(31)29-23)18(13-7-8-14(25)15(26)10-13)19-16(27-21)11-24(2,3)12-17(19)30/h7-8,10,18H,4-6,9,11-12H2,1-3H3,(H2,27,28,29,31). The molecule has 32 heavy (non-hydrogen) atoms. The summed E-state index contributed by atoms with van der Waals surface area (Å²) in [7, 11) is 0. The lowest BCUT2D eigenvalue weighted by Crippen LogP contribution is -2.37. The molecule has 1 aromatic carbocycles. The van der Waals surface area contributed by atoms with Crippen molar-refractivity contribution >= 4 is 46.6 Å². The molecule has 0 amide bonds. The smallest absolute Gasteiger partial charge is 0.257 e. The van der Waals surface area contributed by atoms with Gasteiger partial charge in [-0.25, -0.2) is 4.98 Å². The molecule has 0 spiro atoms. The van der Waals surface area contributed by atoms with E-state index in [1.165, 1.54) is 0 Å². The summed E-state index contributed by atoms with van der Waals surface area (Å²) in [6.07, 6.45) is 4.49. The number of unbranched alkanes of at least 4 members (excludes halogenated alkanes) is 2. The Morgan fingerprint density at radius 3 is 2.66 bits per heavy atom. The maximum atomic E-state index is 13.3. The van der Waals surface area contributed by atoms with E-state index < -0.39 is 5.92 Å². The zero-order valence-electron chi connectivity index (χ0n) is 18.5. The zero-order valence-corrected chi connectivity index (χ0v) is 20.8. The number of carbonyl (C=O) groups excluding carboxylic acids is 1. The van der Waals surface area contributed by atoms with Gasteiger partial charge in [0.05, 0.1) is 15.6 Å². The highest BCUT2D eigenvalue weighted by Gasteiger charge is 2.42. The van der Waals surface area contributed by atoms with Gasteiger partial charge in [-0.2, -0.15) is 0 Å². The van der Waals surface area contributed by atoms with Crippen molar-refractivity contribution in [3.63, 3.8) is 0 Å². The number of fused-ring (bicyclic) bond motifs is 1. The van der Waals surface area contributed by atoms with Crippen molar-refractivity contribution in [1.29, 1.82) is 0 Å². The second-order valence-electron chi connectivity index (χ2n) is 9.25. The Bertz CT molecular complexity index is 1160. The summed E-state index contributed by atoms with van der Waals surface area (Å²) in [4.78, 5) is 34.2. The molecule has 1 aromatic heterocycles. The van der Waals surface area contributed by atoms with Crippen LogP contribution in [0.5, 0.6) is 0 Å². The van der Waals surface area contributed by atoms with Crippen LogP contribution in [-0.4, -0.2) is 21.5 Å². The van der Waals surface area contributed by atoms with Crippen LogP contribution in [0.15, 0.2) is 39.4 Å². The van der Waals surface area contributed by atoms with Crippen molar-refractivity contribution in [2.24, 2.45) is 5.41 Å². The topological polar surface area (TPSA) is 74.8 Å². The van der Waals surface area contributed by atoms with E-state index in [4.69, 9.17) is 28.2 Å². The SMILES string of the molecule is CCCCCSc1nc2c(c(=O)[nH]1)C(c1ccc(Cl)c(Cl)c1)C1=C(CC(C)(C)CC1=O)N2. The Morgan fingerprint density at radius 2 is 1.94 bits per heavy atom. The molecule has 1 atom stereocenters. The molecule has 2 aliphatic rings. The number of aromatic nitrogens is 2. The fourth-order valence-electron chi connectivity index (χ4n) is 4.51. The minimum Gasteiger partial charge on any atom is -0.343 e. The van der Waals surface area contributed by atoms with Crippen molar-refractivity contribution in [2.45, 2.75) is 63.9 Å². The van der Waals surface area contributed by atoms with Crippen LogP contribution < -0.4 is 10.9 Å². The largest absolute Gasteiger partial charge is 0.343 e. The number of nitrogens with zero attached hydrogens (tertiary/aromatic N) is 1. The van der Waals surface area contributed by atoms with Crippen molar-refractivity contribution < 1.29 is 4.79 Å². The van der Waals surface area contributed by atoms with Crippen molar-refractivity contribution in [1.82, 2.24) is 9.97 Å². The summed E-state index contributed by atoms with van der Waals surface area (Å²) in [5.41, 5.74) is 2.29. The van der Waals surface area contributed by atoms with Gasteiger partial charge in [0.1, 0.15) is 5.82 Å². The molecule has 1 unspecified atom stereocenters. The highest BCUT2D eigenvalue weighted by molar-refractivity contribution is 7.99. The number of allylic oxidation sites excluding steroid dienone is 2. The number of benzene rings is 1. The molecule has 1 aliphatic heterocycles. The number of aromatic amines is 1. The van der Waals surface area contributed by atoms with Gasteiger partial charge in [-0.15, -0.1) is 0 Å². The maximum Gasteiger partial charge on any atom is 0.257 e. The average molecular weight is 492 g/mol. The van der Waals surface area contributed by atoms with E-state index in [9.17, 15) is 9.59 Å². The Morgan fingerprint density at radius 1 is 1.16 bits per heavy atom. The van der Waals surface area contributed by atoms with Crippen molar-refractivity contribution in [2.75, 3.05) is 11.1 Å². The fraction of sp³-hybridized carbons (Fsp3) is 0.458. The highest BCUT2D eigenvalue weighted by Crippen LogP contribution is 2.48. The van der Waals surface area contributed by atoms with Gasteiger partial charge in [0.2, 0.25) is 0 Å². The van der Waals surface area contributed by atoms with Crippen LogP contribution in [0.3, 0.4) is 0 Å². The molecule has 0 saturated heterocycles. The van der Waals surface area contributed by atoms with Gasteiger partial charge in [-0.1, -0.05) is 74.6 Å². The summed E-state index contributed by atoms with van der Waals surface area (Å²) in [5.74, 6) is 0.926. The van der Waals surface area contributed by atoms with Gasteiger partial charge in [-0.3, -0.25) is 9.59 Å². The fourth-order valence-corrected chi connectivity index (χ4v) is 5.68. The first-order valence-electron chi connectivity index (χ1n) is 11.0. The lowest BCUT2D eigenvalue weighted by molar-refractivity contribution is -0.118. The molecule has 1 aliphatic carbocycles. The Kier molecular flexibility index (Phi) is 6.76. The van der Waals surface area contributed by atoms with E-state index in [1.54, 1.807) is 23.9 Å². The average Bonchev–Trinajstić information content (AvgIpc) is 2.71. The summed E-state index contributed by atoms with van der Waals surface area (Å²) < 4.78 is 0. The third kappa shape index (κ3) is 4.63. The minimum atomic E-state index is -0.532. The lowest BCUT2D eigenvalue weighted by Gasteiger charge is -2.38. The number of rotatable bonds is 6. The van der Waals surface area contributed by atoms with E-state index in [0.717, 1.165) is 36.3 Å². The number of halogens is 2. The Labute approximate surface area is 202 Å². The van der Waals surface area contributed by atoms with Crippen LogP contribution in [0.4, 0.5) is 5.82 Å². The van der Waals surface area contributed by atoms with Gasteiger partial charge >= 0.3 is 0 Å². The predicted molar refractivity (Wildman–Crippen MR) is 132 cm³/mol. The van der Waals surface area contributed by atoms with E-state index in [1.807, 2.05) is 6.07 Å². The molecule has 170 valence electrons. The number of ketones is 1. The predicted octanol–water partition coefficient (Wildman–Crippen LogP) is 6.56. The second kappa shape index (κ2) is 9.24. The molecule has 8 heteroatoms. The molecule has 2 aromatic rings. The number of Topliss-reactive ketones (excluding diaryl/α,β-unsaturated/α-hetero) is 1. The lowest BCUT2D eigenvalue weighted by atomic mass is 9.69. The summed E-state index contributed by atoms with van der Waals surface area (Å²) >= 11 is 14.0. The molecule has 2 heterocycles. The number of hydrogen-bond acceptors (Lipinski definition) is 5. The molecular formula is C24H27Cl2N3O2S. The molecule has 5 nitrogen and oxygen atoms in total. The first-order chi connectivity index (χ1) is 15.2. The van der Waals surface area contributed by atoms with Crippen molar-refractivity contribution in [3.05, 3.63) is 61.0 Å². The Balaban J connectivity index is 1.83. The van der Waals surface area contributed by atoms with Gasteiger partial charge in [0, 0.05) is 29.4 Å². The molecular weight excluding hydrogens is 465 g/mol. The molecule has 0 saturated carbocycles. The maximum absolute atomic E-state index is 13.3. The van der Waals surface area contributed by atoms with E-state index in [-0.39, 0.29) is 16.8 Å². The Hall–Kier alpha value is -1.76. The zero-order chi connectivity index (χ0) is 23.0.